The minimum atomic E-state index is 0.138. The van der Waals surface area contributed by atoms with Gasteiger partial charge in [-0.3, -0.25) is 4.79 Å². The predicted octanol–water partition coefficient (Wildman–Crippen LogP) is 0.596. The van der Waals surface area contributed by atoms with Crippen LogP contribution < -0.4 is 10.6 Å². The Bertz CT molecular complexity index is 351. The third kappa shape index (κ3) is 2.35. The van der Waals surface area contributed by atoms with Crippen molar-refractivity contribution in [3.05, 3.63) is 15.6 Å². The molecule has 2 N–H and O–H groups in total. The molecule has 5 heteroatoms. The molecule has 1 fully saturated rings. The molecule has 4 nitrogen and oxygen atoms in total. The van der Waals surface area contributed by atoms with Crippen LogP contribution in [0, 0.1) is 19.8 Å². The van der Waals surface area contributed by atoms with E-state index in [2.05, 4.69) is 15.6 Å². The fraction of sp³-hybridized carbons (Fsp3) is 0.600. The maximum absolute atomic E-state index is 11.5. The fourth-order valence-electron chi connectivity index (χ4n) is 1.40. The zero-order chi connectivity index (χ0) is 10.8. The predicted molar refractivity (Wildman–Crippen MR) is 59.8 cm³/mol. The van der Waals surface area contributed by atoms with Crippen molar-refractivity contribution in [1.82, 2.24) is 15.6 Å². The molecule has 0 bridgehead atoms. The van der Waals surface area contributed by atoms with Crippen molar-refractivity contribution < 1.29 is 4.79 Å². The molecule has 1 aliphatic rings. The highest BCUT2D eigenvalue weighted by molar-refractivity contribution is 7.11. The van der Waals surface area contributed by atoms with Gasteiger partial charge in [0.15, 0.2) is 0 Å². The number of carbonyl (C=O) groups is 1. The molecule has 1 saturated heterocycles. The van der Waals surface area contributed by atoms with Crippen LogP contribution in [-0.4, -0.2) is 24.0 Å². The van der Waals surface area contributed by atoms with Crippen molar-refractivity contribution in [3.8, 4) is 0 Å². The molecule has 2 rings (SSSR count). The zero-order valence-electron chi connectivity index (χ0n) is 8.96. The summed E-state index contributed by atoms with van der Waals surface area (Å²) in [5.74, 6) is 0.298. The monoisotopic (exact) mass is 225 g/mol. The Balaban J connectivity index is 1.84. The summed E-state index contributed by atoms with van der Waals surface area (Å²) in [6, 6.07) is 0. The maximum atomic E-state index is 11.5. The molecule has 15 heavy (non-hydrogen) atoms. The van der Waals surface area contributed by atoms with Gasteiger partial charge in [-0.15, -0.1) is 11.3 Å². The van der Waals surface area contributed by atoms with E-state index in [1.54, 1.807) is 11.3 Å². The van der Waals surface area contributed by atoms with Crippen molar-refractivity contribution in [2.24, 2.45) is 5.92 Å². The van der Waals surface area contributed by atoms with Gasteiger partial charge < -0.3 is 10.6 Å². The number of amides is 1. The first-order chi connectivity index (χ1) is 7.16. The quantitative estimate of drug-likeness (QED) is 0.792. The molecule has 0 spiro atoms. The Morgan fingerprint density at radius 1 is 1.60 bits per heavy atom. The van der Waals surface area contributed by atoms with Crippen molar-refractivity contribution in [2.75, 3.05) is 13.1 Å². The molecule has 1 aromatic rings. The number of carbonyl (C=O) groups excluding carboxylic acids is 1. The number of hydrogen-bond donors (Lipinski definition) is 2. The molecule has 0 unspecified atom stereocenters. The van der Waals surface area contributed by atoms with Gasteiger partial charge in [0.2, 0.25) is 5.91 Å². The zero-order valence-corrected chi connectivity index (χ0v) is 9.78. The summed E-state index contributed by atoms with van der Waals surface area (Å²) in [5.41, 5.74) is 1.06. The summed E-state index contributed by atoms with van der Waals surface area (Å²) < 4.78 is 0. The van der Waals surface area contributed by atoms with Gasteiger partial charge in [-0.05, 0) is 13.8 Å². The van der Waals surface area contributed by atoms with Crippen LogP contribution in [-0.2, 0) is 11.3 Å². The lowest BCUT2D eigenvalue weighted by Gasteiger charge is -2.25. The molecule has 0 aromatic carbocycles. The fourth-order valence-corrected chi connectivity index (χ4v) is 2.27. The lowest BCUT2D eigenvalue weighted by Crippen LogP contribution is -2.50. The van der Waals surface area contributed by atoms with Gasteiger partial charge in [0, 0.05) is 18.0 Å². The van der Waals surface area contributed by atoms with Crippen LogP contribution in [0.15, 0.2) is 0 Å². The van der Waals surface area contributed by atoms with Crippen LogP contribution in [0.3, 0.4) is 0 Å². The Morgan fingerprint density at radius 3 is 2.80 bits per heavy atom. The Labute approximate surface area is 93.1 Å². The van der Waals surface area contributed by atoms with Gasteiger partial charge in [0.05, 0.1) is 18.2 Å². The standard InChI is InChI=1S/C10H15N3OS/c1-6-7(2)15-9(13-6)5-12-10(14)8-3-11-4-8/h8,11H,3-5H2,1-2H3,(H,12,14). The summed E-state index contributed by atoms with van der Waals surface area (Å²) in [5, 5.41) is 6.98. The van der Waals surface area contributed by atoms with E-state index >= 15 is 0 Å². The van der Waals surface area contributed by atoms with Crippen LogP contribution in [0.5, 0.6) is 0 Å². The summed E-state index contributed by atoms with van der Waals surface area (Å²) >= 11 is 1.65. The van der Waals surface area contributed by atoms with E-state index in [4.69, 9.17) is 0 Å². The molecule has 2 heterocycles. The van der Waals surface area contributed by atoms with Crippen LogP contribution in [0.25, 0.3) is 0 Å². The molecule has 0 aliphatic carbocycles. The average molecular weight is 225 g/mol. The first kappa shape index (κ1) is 10.6. The summed E-state index contributed by atoms with van der Waals surface area (Å²) in [4.78, 5) is 17.1. The van der Waals surface area contributed by atoms with Crippen molar-refractivity contribution >= 4 is 17.2 Å². The number of hydrogen-bond acceptors (Lipinski definition) is 4. The number of aryl methyl sites for hydroxylation is 2. The highest BCUT2D eigenvalue weighted by Crippen LogP contribution is 2.16. The van der Waals surface area contributed by atoms with Crippen LogP contribution in [0.1, 0.15) is 15.6 Å². The minimum absolute atomic E-state index is 0.138. The Morgan fingerprint density at radius 2 is 2.33 bits per heavy atom. The molecule has 1 aliphatic heterocycles. The molecular formula is C10H15N3OS. The third-order valence-electron chi connectivity index (χ3n) is 2.64. The second-order valence-electron chi connectivity index (χ2n) is 3.82. The summed E-state index contributed by atoms with van der Waals surface area (Å²) in [7, 11) is 0. The molecule has 1 aromatic heterocycles. The highest BCUT2D eigenvalue weighted by atomic mass is 32.1. The summed E-state index contributed by atoms with van der Waals surface area (Å²) in [6.07, 6.45) is 0. The van der Waals surface area contributed by atoms with Gasteiger partial charge in [0.1, 0.15) is 5.01 Å². The molecule has 1 amide bonds. The van der Waals surface area contributed by atoms with E-state index in [1.165, 1.54) is 4.88 Å². The van der Waals surface area contributed by atoms with E-state index in [-0.39, 0.29) is 11.8 Å². The van der Waals surface area contributed by atoms with E-state index < -0.39 is 0 Å². The second kappa shape index (κ2) is 4.28. The maximum Gasteiger partial charge on any atom is 0.226 e. The lowest BCUT2D eigenvalue weighted by molar-refractivity contribution is -0.126. The minimum Gasteiger partial charge on any atom is -0.349 e. The number of rotatable bonds is 3. The molecule has 82 valence electrons. The van der Waals surface area contributed by atoms with Crippen LogP contribution >= 0.6 is 11.3 Å². The van der Waals surface area contributed by atoms with E-state index in [0.717, 1.165) is 23.8 Å². The van der Waals surface area contributed by atoms with Crippen LogP contribution in [0.4, 0.5) is 0 Å². The van der Waals surface area contributed by atoms with Crippen molar-refractivity contribution in [2.45, 2.75) is 20.4 Å². The second-order valence-corrected chi connectivity index (χ2v) is 5.11. The van der Waals surface area contributed by atoms with Crippen molar-refractivity contribution in [1.29, 1.82) is 0 Å². The van der Waals surface area contributed by atoms with Crippen molar-refractivity contribution in [3.63, 3.8) is 0 Å². The van der Waals surface area contributed by atoms with Gasteiger partial charge in [-0.1, -0.05) is 0 Å². The van der Waals surface area contributed by atoms with Gasteiger partial charge in [-0.2, -0.15) is 0 Å². The Kier molecular flexibility index (Phi) is 3.02. The Hall–Kier alpha value is -0.940. The third-order valence-corrected chi connectivity index (χ3v) is 3.71. The largest absolute Gasteiger partial charge is 0.349 e. The number of thiazole rings is 1. The van der Waals surface area contributed by atoms with E-state index in [0.29, 0.717) is 6.54 Å². The number of nitrogens with one attached hydrogen (secondary N) is 2. The first-order valence-corrected chi connectivity index (χ1v) is 5.90. The highest BCUT2D eigenvalue weighted by Gasteiger charge is 2.24. The molecule has 0 atom stereocenters. The molecule has 0 saturated carbocycles. The normalized spacial score (nSPS) is 16.1. The van der Waals surface area contributed by atoms with Gasteiger partial charge in [0.25, 0.3) is 0 Å². The molecular weight excluding hydrogens is 210 g/mol. The molecule has 0 radical (unpaired) electrons. The SMILES string of the molecule is Cc1nc(CNC(=O)C2CNC2)sc1C. The first-order valence-electron chi connectivity index (χ1n) is 5.08. The lowest BCUT2D eigenvalue weighted by atomic mass is 10.0. The van der Waals surface area contributed by atoms with Gasteiger partial charge in [-0.25, -0.2) is 4.98 Å². The van der Waals surface area contributed by atoms with Gasteiger partial charge >= 0.3 is 0 Å². The summed E-state index contributed by atoms with van der Waals surface area (Å²) in [6.45, 7) is 6.22. The number of nitrogens with zero attached hydrogens (tertiary/aromatic N) is 1. The number of aromatic nitrogens is 1. The van der Waals surface area contributed by atoms with Crippen LogP contribution in [0.2, 0.25) is 0 Å². The smallest absolute Gasteiger partial charge is 0.226 e. The average Bonchev–Trinajstić information content (AvgIpc) is 2.40. The van der Waals surface area contributed by atoms with E-state index in [1.807, 2.05) is 13.8 Å². The topological polar surface area (TPSA) is 54.0 Å². The van der Waals surface area contributed by atoms with E-state index in [9.17, 15) is 4.79 Å².